The Bertz CT molecular complexity index is 1370. The van der Waals surface area contributed by atoms with Gasteiger partial charge in [0.15, 0.2) is 17.5 Å². The maximum Gasteiger partial charge on any atom is 0.301 e. The van der Waals surface area contributed by atoms with E-state index in [4.69, 9.17) is 0 Å². The molecule has 0 saturated carbocycles. The minimum absolute atomic E-state index is 0.199. The van der Waals surface area contributed by atoms with Gasteiger partial charge in [0.05, 0.1) is 23.6 Å². The van der Waals surface area contributed by atoms with E-state index in [9.17, 15) is 18.0 Å². The monoisotopic (exact) mass is 442 g/mol. The van der Waals surface area contributed by atoms with Gasteiger partial charge in [-0.3, -0.25) is 9.48 Å². The average molecular weight is 442 g/mol. The highest BCUT2D eigenvalue weighted by Crippen LogP contribution is 2.36. The lowest BCUT2D eigenvalue weighted by molar-refractivity contribution is -0.733. The van der Waals surface area contributed by atoms with Crippen LogP contribution < -0.4 is 4.68 Å². The van der Waals surface area contributed by atoms with E-state index in [1.807, 2.05) is 6.92 Å². The van der Waals surface area contributed by atoms with Gasteiger partial charge in [0, 0.05) is 29.3 Å². The number of aryl methyl sites for hydroxylation is 2. The lowest BCUT2D eigenvalue weighted by atomic mass is 9.95. The van der Waals surface area contributed by atoms with Gasteiger partial charge >= 0.3 is 5.91 Å². The van der Waals surface area contributed by atoms with Crippen LogP contribution in [0.5, 0.6) is 0 Å². The quantitative estimate of drug-likeness (QED) is 0.352. The van der Waals surface area contributed by atoms with Gasteiger partial charge in [0.2, 0.25) is 5.52 Å². The molecule has 4 heterocycles. The Balaban J connectivity index is 1.55. The number of hydrogen-bond acceptors (Lipinski definition) is 4. The van der Waals surface area contributed by atoms with Crippen molar-refractivity contribution in [3.8, 4) is 11.3 Å². The Kier molecular flexibility index (Phi) is 4.50. The summed E-state index contributed by atoms with van der Waals surface area (Å²) >= 11 is 0. The molecule has 1 aromatic carbocycles. The third-order valence-electron chi connectivity index (χ3n) is 5.88. The first-order valence-electron chi connectivity index (χ1n) is 10.00. The van der Waals surface area contributed by atoms with E-state index in [2.05, 4.69) is 15.4 Å². The Morgan fingerprint density at radius 1 is 1.22 bits per heavy atom. The summed E-state index contributed by atoms with van der Waals surface area (Å²) in [7, 11) is 3.33. The van der Waals surface area contributed by atoms with Crippen LogP contribution in [0, 0.1) is 17.5 Å². The summed E-state index contributed by atoms with van der Waals surface area (Å²) in [4.78, 5) is 15.1. The van der Waals surface area contributed by atoms with Crippen LogP contribution >= 0.6 is 0 Å². The number of benzene rings is 1. The van der Waals surface area contributed by atoms with E-state index in [0.717, 1.165) is 17.7 Å². The van der Waals surface area contributed by atoms with Crippen molar-refractivity contribution in [3.63, 3.8) is 0 Å². The van der Waals surface area contributed by atoms with Crippen LogP contribution in [0.2, 0.25) is 0 Å². The molecule has 0 bridgehead atoms. The van der Waals surface area contributed by atoms with Crippen LogP contribution in [0.4, 0.5) is 13.2 Å². The number of fused-ring (bicyclic) bond motifs is 2. The molecule has 1 amide bonds. The van der Waals surface area contributed by atoms with Crippen molar-refractivity contribution in [2.24, 2.45) is 14.1 Å². The first-order chi connectivity index (χ1) is 15.3. The van der Waals surface area contributed by atoms with Gasteiger partial charge in [-0.1, -0.05) is 5.10 Å². The first-order valence-corrected chi connectivity index (χ1v) is 10.00. The molecule has 5 rings (SSSR count). The van der Waals surface area contributed by atoms with Gasteiger partial charge in [-0.05, 0) is 37.6 Å². The summed E-state index contributed by atoms with van der Waals surface area (Å²) in [5.74, 6) is -4.25. The summed E-state index contributed by atoms with van der Waals surface area (Å²) in [5.41, 5.74) is 3.08. The summed E-state index contributed by atoms with van der Waals surface area (Å²) < 4.78 is 45.5. The standard InChI is InChI=1S/C21H19F3N7O/c1-11-18-13(19(28(2)26-18)12-9-14(22)17(24)15(23)10-12)6-8-30(11)21(32)20-16-5-4-7-25-31(16)27-29(20)3/h4-5,7,9-11H,6,8H2,1-3H3/q+1/t11-/m0/s1. The summed E-state index contributed by atoms with van der Waals surface area (Å²) in [5, 5.41) is 12.9. The van der Waals surface area contributed by atoms with Gasteiger partial charge in [0.1, 0.15) is 12.3 Å². The van der Waals surface area contributed by atoms with Crippen molar-refractivity contribution in [3.05, 3.63) is 64.9 Å². The van der Waals surface area contributed by atoms with Crippen molar-refractivity contribution < 1.29 is 22.6 Å². The van der Waals surface area contributed by atoms with Crippen LogP contribution in [0.3, 0.4) is 0 Å². The van der Waals surface area contributed by atoms with Crippen molar-refractivity contribution in [2.45, 2.75) is 19.4 Å². The van der Waals surface area contributed by atoms with Crippen molar-refractivity contribution in [2.75, 3.05) is 6.54 Å². The first kappa shape index (κ1) is 20.2. The molecular weight excluding hydrogens is 423 g/mol. The highest BCUT2D eigenvalue weighted by molar-refractivity contribution is 5.97. The molecule has 0 radical (unpaired) electrons. The highest BCUT2D eigenvalue weighted by Gasteiger charge is 2.37. The normalized spacial score (nSPS) is 15.9. The molecule has 32 heavy (non-hydrogen) atoms. The van der Waals surface area contributed by atoms with E-state index >= 15 is 0 Å². The fraction of sp³-hybridized carbons (Fsp3) is 0.286. The molecule has 11 heteroatoms. The van der Waals surface area contributed by atoms with Crippen LogP contribution in [-0.4, -0.2) is 42.1 Å². The second-order valence-electron chi connectivity index (χ2n) is 7.77. The molecule has 0 N–H and O–H groups in total. The van der Waals surface area contributed by atoms with E-state index in [1.54, 1.807) is 37.3 Å². The number of nitrogens with zero attached hydrogens (tertiary/aromatic N) is 7. The van der Waals surface area contributed by atoms with Crippen LogP contribution in [0.1, 0.15) is 34.7 Å². The Hall–Kier alpha value is -3.76. The van der Waals surface area contributed by atoms with Crippen LogP contribution in [-0.2, 0) is 20.5 Å². The molecule has 0 saturated heterocycles. The molecule has 164 valence electrons. The second-order valence-corrected chi connectivity index (χ2v) is 7.77. The van der Waals surface area contributed by atoms with Gasteiger partial charge in [0.25, 0.3) is 5.69 Å². The SMILES string of the molecule is C[C@H]1c2nn(C)c(-c3cc(F)c(F)c(F)c3)c2CCN1C(=O)c1c2cccnn2n[n+]1C. The molecule has 0 fully saturated rings. The zero-order chi connectivity index (χ0) is 22.7. The molecule has 0 spiro atoms. The summed E-state index contributed by atoms with van der Waals surface area (Å²) in [6.07, 6.45) is 2.01. The third-order valence-corrected chi connectivity index (χ3v) is 5.88. The number of carbonyl (C=O) groups excluding carboxylic acids is 1. The topological polar surface area (TPSA) is 72.2 Å². The number of carbonyl (C=O) groups is 1. The minimum atomic E-state index is -1.51. The lowest BCUT2D eigenvalue weighted by Crippen LogP contribution is -2.45. The van der Waals surface area contributed by atoms with Crippen molar-refractivity contribution in [1.82, 2.24) is 29.6 Å². The molecule has 1 aliphatic rings. The van der Waals surface area contributed by atoms with E-state index in [1.165, 1.54) is 14.0 Å². The Morgan fingerprint density at radius 2 is 1.94 bits per heavy atom. The predicted octanol–water partition coefficient (Wildman–Crippen LogP) is 2.13. The molecular formula is C21H19F3N7O+. The van der Waals surface area contributed by atoms with Gasteiger partial charge in [-0.25, -0.2) is 13.2 Å². The Morgan fingerprint density at radius 3 is 2.66 bits per heavy atom. The number of amides is 1. The number of rotatable bonds is 2. The molecule has 1 atom stereocenters. The molecule has 1 aliphatic heterocycles. The second kappa shape index (κ2) is 7.14. The molecule has 0 aliphatic carbocycles. The lowest BCUT2D eigenvalue weighted by Gasteiger charge is -2.32. The van der Waals surface area contributed by atoms with Crippen molar-refractivity contribution >= 4 is 11.4 Å². The van der Waals surface area contributed by atoms with E-state index in [-0.39, 0.29) is 11.5 Å². The summed E-state index contributed by atoms with van der Waals surface area (Å²) in [6, 6.07) is 5.03. The number of hydrogen-bond donors (Lipinski definition) is 0. The fourth-order valence-corrected chi connectivity index (χ4v) is 4.41. The van der Waals surface area contributed by atoms with Gasteiger partial charge in [-0.2, -0.15) is 5.10 Å². The smallest absolute Gasteiger partial charge is 0.301 e. The summed E-state index contributed by atoms with van der Waals surface area (Å²) in [6.45, 7) is 2.22. The molecule has 0 unspecified atom stereocenters. The maximum absolute atomic E-state index is 13.9. The van der Waals surface area contributed by atoms with Gasteiger partial charge < -0.3 is 4.90 Å². The maximum atomic E-state index is 13.9. The largest absolute Gasteiger partial charge is 0.327 e. The number of aromatic nitrogens is 6. The van der Waals surface area contributed by atoms with E-state index < -0.39 is 23.5 Å². The predicted molar refractivity (Wildman–Crippen MR) is 106 cm³/mol. The molecule has 3 aromatic heterocycles. The van der Waals surface area contributed by atoms with Crippen molar-refractivity contribution in [1.29, 1.82) is 0 Å². The molecule has 4 aromatic rings. The van der Waals surface area contributed by atoms with Gasteiger partial charge in [-0.15, -0.1) is 4.68 Å². The third kappa shape index (κ3) is 2.88. The Labute approximate surface area is 180 Å². The number of halogens is 3. The van der Waals surface area contributed by atoms with Crippen LogP contribution in [0.15, 0.2) is 30.5 Å². The van der Waals surface area contributed by atoms with Crippen LogP contribution in [0.25, 0.3) is 16.8 Å². The van der Waals surface area contributed by atoms with E-state index in [0.29, 0.717) is 35.6 Å². The zero-order valence-electron chi connectivity index (χ0n) is 17.6. The highest BCUT2D eigenvalue weighted by atomic mass is 19.2. The minimum Gasteiger partial charge on any atom is -0.327 e. The fourth-order valence-electron chi connectivity index (χ4n) is 4.41. The molecule has 8 nitrogen and oxygen atoms in total. The zero-order valence-corrected chi connectivity index (χ0v) is 17.6. The average Bonchev–Trinajstić information content (AvgIpc) is 3.27.